The van der Waals surface area contributed by atoms with E-state index in [0.29, 0.717) is 11.3 Å². The fraction of sp³-hybridized carbons (Fsp3) is 0.0625. The van der Waals surface area contributed by atoms with Crippen molar-refractivity contribution in [3.63, 3.8) is 0 Å². The molecule has 22 heavy (non-hydrogen) atoms. The van der Waals surface area contributed by atoms with E-state index < -0.39 is 9.84 Å². The van der Waals surface area contributed by atoms with Crippen molar-refractivity contribution in [3.8, 4) is 0 Å². The van der Waals surface area contributed by atoms with Crippen LogP contribution >= 0.6 is 0 Å². The van der Waals surface area contributed by atoms with Crippen LogP contribution in [0.15, 0.2) is 58.3 Å². The molecule has 6 heteroatoms. The summed E-state index contributed by atoms with van der Waals surface area (Å²) < 4.78 is 25.5. The average Bonchev–Trinajstić information content (AvgIpc) is 3.07. The van der Waals surface area contributed by atoms with Gasteiger partial charge in [-0.1, -0.05) is 24.3 Å². The van der Waals surface area contributed by atoms with Crippen molar-refractivity contribution in [3.05, 3.63) is 65.2 Å². The first-order valence-corrected chi connectivity index (χ1v) is 8.11. The molecule has 0 atom stereocenters. The molecule has 2 aliphatic rings. The van der Waals surface area contributed by atoms with Crippen LogP contribution in [-0.4, -0.2) is 20.8 Å². The Bertz CT molecular complexity index is 941. The summed E-state index contributed by atoms with van der Waals surface area (Å²) >= 11 is 0. The van der Waals surface area contributed by atoms with Crippen LogP contribution in [0.5, 0.6) is 0 Å². The molecule has 0 fully saturated rings. The second-order valence-electron chi connectivity index (χ2n) is 4.94. The van der Waals surface area contributed by atoms with Crippen molar-refractivity contribution in [1.29, 1.82) is 0 Å². The normalized spacial score (nSPS) is 18.2. The predicted molar refractivity (Wildman–Crippen MR) is 76.8 cm³/mol. The lowest BCUT2D eigenvalue weighted by molar-refractivity contribution is -0.208. The number of carbonyl (C=O) groups is 1. The van der Waals surface area contributed by atoms with Crippen molar-refractivity contribution in [2.75, 3.05) is 6.61 Å². The number of carbonyl (C=O) groups excluding carboxylic acids is 1. The van der Waals surface area contributed by atoms with Crippen molar-refractivity contribution in [2.24, 2.45) is 0 Å². The van der Waals surface area contributed by atoms with Crippen LogP contribution < -0.4 is 0 Å². The van der Waals surface area contributed by atoms with Gasteiger partial charge in [0.1, 0.15) is 6.61 Å². The highest BCUT2D eigenvalue weighted by Crippen LogP contribution is 2.38. The predicted octanol–water partition coefficient (Wildman–Crippen LogP) is 2.37. The molecule has 0 N–H and O–H groups in total. The maximum absolute atomic E-state index is 12.8. The minimum absolute atomic E-state index is 0.00472. The maximum atomic E-state index is 12.8. The molecule has 2 aromatic rings. The lowest BCUT2D eigenvalue weighted by Crippen LogP contribution is -2.21. The molecule has 0 bridgehead atoms. The minimum Gasteiger partial charge on any atom is -0.337 e. The summed E-state index contributed by atoms with van der Waals surface area (Å²) in [6, 6.07) is 10.9. The smallest absolute Gasteiger partial charge is 0.208 e. The van der Waals surface area contributed by atoms with Crippen LogP contribution in [0.2, 0.25) is 0 Å². The lowest BCUT2D eigenvalue weighted by Gasteiger charge is -2.20. The third-order valence-corrected chi connectivity index (χ3v) is 5.57. The number of hydrogen-bond donors (Lipinski definition) is 0. The number of benzene rings is 2. The van der Waals surface area contributed by atoms with Gasteiger partial charge in [0, 0.05) is 11.1 Å². The van der Waals surface area contributed by atoms with E-state index in [1.54, 1.807) is 30.3 Å². The average molecular weight is 314 g/mol. The highest BCUT2D eigenvalue weighted by atomic mass is 32.2. The largest absolute Gasteiger partial charge is 0.337 e. The van der Waals surface area contributed by atoms with Crippen LogP contribution in [0.25, 0.3) is 5.76 Å². The summed E-state index contributed by atoms with van der Waals surface area (Å²) in [6.07, 6.45) is 1.66. The van der Waals surface area contributed by atoms with E-state index in [-0.39, 0.29) is 33.3 Å². The van der Waals surface area contributed by atoms with E-state index in [1.165, 1.54) is 18.2 Å². The molecule has 0 saturated carbocycles. The van der Waals surface area contributed by atoms with Gasteiger partial charge in [0.25, 0.3) is 0 Å². The Balaban J connectivity index is 2.07. The van der Waals surface area contributed by atoms with Crippen molar-refractivity contribution in [1.82, 2.24) is 0 Å². The highest BCUT2D eigenvalue weighted by molar-refractivity contribution is 7.91. The van der Waals surface area contributed by atoms with Crippen molar-refractivity contribution < 1.29 is 23.0 Å². The van der Waals surface area contributed by atoms with E-state index in [9.17, 15) is 13.2 Å². The molecule has 4 rings (SSSR count). The monoisotopic (exact) mass is 314 g/mol. The van der Waals surface area contributed by atoms with Gasteiger partial charge in [-0.05, 0) is 24.3 Å². The van der Waals surface area contributed by atoms with Crippen LogP contribution in [0.4, 0.5) is 0 Å². The Kier molecular flexibility index (Phi) is 2.72. The van der Waals surface area contributed by atoms with Crippen LogP contribution in [0, 0.1) is 0 Å². The zero-order chi connectivity index (χ0) is 15.3. The first-order valence-electron chi connectivity index (χ1n) is 6.62. The molecular weight excluding hydrogens is 304 g/mol. The first-order chi connectivity index (χ1) is 10.6. The van der Waals surface area contributed by atoms with Crippen LogP contribution in [0.1, 0.15) is 21.5 Å². The molecule has 0 unspecified atom stereocenters. The molecule has 0 aromatic heterocycles. The number of hydrogen-bond acceptors (Lipinski definition) is 5. The van der Waals surface area contributed by atoms with E-state index in [1.807, 2.05) is 0 Å². The van der Waals surface area contributed by atoms with E-state index >= 15 is 0 Å². The molecule has 0 amide bonds. The zero-order valence-corrected chi connectivity index (χ0v) is 12.1. The van der Waals surface area contributed by atoms with Gasteiger partial charge in [-0.2, -0.15) is 4.89 Å². The fourth-order valence-corrected chi connectivity index (χ4v) is 4.41. The molecule has 2 aliphatic heterocycles. The second kappa shape index (κ2) is 4.53. The van der Waals surface area contributed by atoms with Gasteiger partial charge in [0.2, 0.25) is 9.84 Å². The Labute approximate surface area is 126 Å². The van der Waals surface area contributed by atoms with Crippen molar-refractivity contribution >= 4 is 21.4 Å². The number of fused-ring (bicyclic) bond motifs is 2. The number of ketones is 1. The Morgan fingerprint density at radius 2 is 1.64 bits per heavy atom. The van der Waals surface area contributed by atoms with Crippen molar-refractivity contribution in [2.45, 2.75) is 9.79 Å². The second-order valence-corrected chi connectivity index (χ2v) is 6.83. The van der Waals surface area contributed by atoms with E-state index in [2.05, 4.69) is 0 Å². The number of sulfone groups is 1. The summed E-state index contributed by atoms with van der Waals surface area (Å²) in [5.74, 6) is 0.0345. The van der Waals surface area contributed by atoms with Gasteiger partial charge < -0.3 is 4.89 Å². The molecule has 0 radical (unpaired) electrons. The summed E-state index contributed by atoms with van der Waals surface area (Å²) in [7, 11) is -3.73. The zero-order valence-electron chi connectivity index (χ0n) is 11.3. The Morgan fingerprint density at radius 3 is 2.41 bits per heavy atom. The molecule has 2 aromatic carbocycles. The molecule has 0 aliphatic carbocycles. The van der Waals surface area contributed by atoms with Crippen LogP contribution in [-0.2, 0) is 19.6 Å². The van der Waals surface area contributed by atoms with Gasteiger partial charge in [-0.25, -0.2) is 8.42 Å². The fourth-order valence-electron chi connectivity index (χ4n) is 2.73. The summed E-state index contributed by atoms with van der Waals surface area (Å²) in [6.45, 7) is 0.260. The SMILES string of the molecule is O=C1c2ccccc2S(=O)(=O)c2cccc(C3=CCOO3)c21. The van der Waals surface area contributed by atoms with Gasteiger partial charge in [0.05, 0.1) is 15.4 Å². The summed E-state index contributed by atoms with van der Waals surface area (Å²) in [5, 5.41) is 0. The van der Waals surface area contributed by atoms with Crippen LogP contribution in [0.3, 0.4) is 0 Å². The lowest BCUT2D eigenvalue weighted by atomic mass is 9.96. The minimum atomic E-state index is -3.73. The van der Waals surface area contributed by atoms with Gasteiger partial charge in [-0.15, -0.1) is 0 Å². The molecule has 5 nitrogen and oxygen atoms in total. The molecule has 2 heterocycles. The van der Waals surface area contributed by atoms with E-state index in [0.717, 1.165) is 0 Å². The summed E-state index contributed by atoms with van der Waals surface area (Å²) in [4.78, 5) is 22.7. The van der Waals surface area contributed by atoms with Gasteiger partial charge in [-0.3, -0.25) is 4.79 Å². The molecular formula is C16H10O5S. The third kappa shape index (κ3) is 1.68. The highest BCUT2D eigenvalue weighted by Gasteiger charge is 2.37. The Morgan fingerprint density at radius 1 is 0.909 bits per heavy atom. The molecule has 0 spiro atoms. The van der Waals surface area contributed by atoms with E-state index in [4.69, 9.17) is 9.78 Å². The maximum Gasteiger partial charge on any atom is 0.208 e. The first kappa shape index (κ1) is 13.2. The number of rotatable bonds is 1. The molecule has 0 saturated heterocycles. The Hall–Kier alpha value is -2.44. The summed E-state index contributed by atoms with van der Waals surface area (Å²) in [5.41, 5.74) is 0.748. The molecule has 110 valence electrons. The third-order valence-electron chi connectivity index (χ3n) is 3.71. The van der Waals surface area contributed by atoms with Gasteiger partial charge in [0.15, 0.2) is 11.5 Å². The quantitative estimate of drug-likeness (QED) is 0.645. The topological polar surface area (TPSA) is 69.7 Å². The van der Waals surface area contributed by atoms with Gasteiger partial charge >= 0.3 is 0 Å². The standard InChI is InChI=1S/C16H10O5S/c17-16-11-4-1-2-6-13(11)22(18,19)14-7-3-5-10(15(14)16)12-8-9-20-21-12/h1-8H,9H2.